The van der Waals surface area contributed by atoms with Gasteiger partial charge in [-0.1, -0.05) is 25.1 Å². The zero-order valence-electron chi connectivity index (χ0n) is 11.3. The molecule has 0 atom stereocenters. The molecule has 2 aromatic rings. The number of aromatic nitrogens is 2. The van der Waals surface area contributed by atoms with Gasteiger partial charge in [0, 0.05) is 38.1 Å². The molecule has 0 spiro atoms. The largest absolute Gasteiger partial charge is 0.339 e. The number of nitrogens with one attached hydrogen (secondary N) is 1. The maximum Gasteiger partial charge on any atom is 0.210 e. The predicted octanol–water partition coefficient (Wildman–Crippen LogP) is 1.84. The van der Waals surface area contributed by atoms with E-state index in [2.05, 4.69) is 52.2 Å². The van der Waals surface area contributed by atoms with Crippen LogP contribution in [0.2, 0.25) is 0 Å². The summed E-state index contributed by atoms with van der Waals surface area (Å²) in [6, 6.07) is 10.5. The summed E-state index contributed by atoms with van der Waals surface area (Å²) in [6.45, 7) is 6.26. The van der Waals surface area contributed by atoms with Crippen LogP contribution in [0.1, 0.15) is 12.6 Å². The summed E-state index contributed by atoms with van der Waals surface area (Å²) < 4.78 is 2.21. The average Bonchev–Trinajstić information content (AvgIpc) is 2.93. The van der Waals surface area contributed by atoms with Crippen molar-refractivity contribution >= 4 is 5.95 Å². The fraction of sp³-hybridized carbons (Fsp3) is 0.400. The molecular formula is C15H20N4. The zero-order chi connectivity index (χ0) is 13.1. The molecule has 0 unspecified atom stereocenters. The van der Waals surface area contributed by atoms with E-state index in [-0.39, 0.29) is 0 Å². The second kappa shape index (κ2) is 5.45. The summed E-state index contributed by atoms with van der Waals surface area (Å²) in [6.07, 6.45) is 3.13. The SMILES string of the molecule is CCc1cn(-c2ccccc2)c(N2CCNCC2)n1. The average molecular weight is 256 g/mol. The second-order valence-corrected chi connectivity index (χ2v) is 4.83. The number of nitrogens with zero attached hydrogens (tertiary/aromatic N) is 3. The first kappa shape index (κ1) is 12.2. The number of rotatable bonds is 3. The molecule has 3 rings (SSSR count). The van der Waals surface area contributed by atoms with Crippen LogP contribution in [0.15, 0.2) is 36.5 Å². The highest BCUT2D eigenvalue weighted by Crippen LogP contribution is 2.20. The second-order valence-electron chi connectivity index (χ2n) is 4.83. The normalized spacial score (nSPS) is 15.7. The van der Waals surface area contributed by atoms with Crippen molar-refractivity contribution in [2.45, 2.75) is 13.3 Å². The first-order chi connectivity index (χ1) is 9.38. The molecule has 4 nitrogen and oxygen atoms in total. The third kappa shape index (κ3) is 2.49. The summed E-state index contributed by atoms with van der Waals surface area (Å²) >= 11 is 0. The minimum Gasteiger partial charge on any atom is -0.339 e. The van der Waals surface area contributed by atoms with Gasteiger partial charge in [0.05, 0.1) is 5.69 Å². The quantitative estimate of drug-likeness (QED) is 0.909. The van der Waals surface area contributed by atoms with Crippen molar-refractivity contribution in [3.8, 4) is 5.69 Å². The van der Waals surface area contributed by atoms with Gasteiger partial charge in [0.15, 0.2) is 0 Å². The molecule has 1 aromatic carbocycles. The van der Waals surface area contributed by atoms with E-state index in [4.69, 9.17) is 4.98 Å². The number of benzene rings is 1. The van der Waals surface area contributed by atoms with Crippen LogP contribution >= 0.6 is 0 Å². The third-order valence-corrected chi connectivity index (χ3v) is 3.53. The summed E-state index contributed by atoms with van der Waals surface area (Å²) in [5.41, 5.74) is 2.33. The fourth-order valence-electron chi connectivity index (χ4n) is 2.45. The molecule has 0 radical (unpaired) electrons. The number of hydrogen-bond acceptors (Lipinski definition) is 3. The van der Waals surface area contributed by atoms with Crippen molar-refractivity contribution in [3.63, 3.8) is 0 Å². The molecule has 0 saturated carbocycles. The van der Waals surface area contributed by atoms with Gasteiger partial charge in [-0.2, -0.15) is 0 Å². The van der Waals surface area contributed by atoms with E-state index in [1.807, 2.05) is 6.07 Å². The van der Waals surface area contributed by atoms with Crippen molar-refractivity contribution in [1.29, 1.82) is 0 Å². The fourth-order valence-corrected chi connectivity index (χ4v) is 2.45. The van der Waals surface area contributed by atoms with Crippen LogP contribution in [0.5, 0.6) is 0 Å². The number of para-hydroxylation sites is 1. The number of piperazine rings is 1. The number of anilines is 1. The highest BCUT2D eigenvalue weighted by molar-refractivity contribution is 5.45. The van der Waals surface area contributed by atoms with Crippen LogP contribution in [0.3, 0.4) is 0 Å². The van der Waals surface area contributed by atoms with E-state index < -0.39 is 0 Å². The van der Waals surface area contributed by atoms with Gasteiger partial charge in [-0.3, -0.25) is 4.57 Å². The molecule has 1 saturated heterocycles. The highest BCUT2D eigenvalue weighted by Gasteiger charge is 2.17. The standard InChI is InChI=1S/C15H20N4/c1-2-13-12-19(14-6-4-3-5-7-14)15(17-13)18-10-8-16-9-11-18/h3-7,12,16H,2,8-11H2,1H3. The van der Waals surface area contributed by atoms with Gasteiger partial charge in [-0.15, -0.1) is 0 Å². The first-order valence-electron chi connectivity index (χ1n) is 6.98. The van der Waals surface area contributed by atoms with Crippen molar-refractivity contribution < 1.29 is 0 Å². The first-order valence-corrected chi connectivity index (χ1v) is 6.98. The molecule has 1 aromatic heterocycles. The van der Waals surface area contributed by atoms with Crippen molar-refractivity contribution in [3.05, 3.63) is 42.2 Å². The lowest BCUT2D eigenvalue weighted by atomic mass is 10.3. The maximum atomic E-state index is 4.79. The molecule has 4 heteroatoms. The number of hydrogen-bond donors (Lipinski definition) is 1. The van der Waals surface area contributed by atoms with E-state index in [9.17, 15) is 0 Å². The minimum absolute atomic E-state index is 0.971. The number of aryl methyl sites for hydroxylation is 1. The molecule has 0 amide bonds. The molecule has 1 aliphatic rings. The van der Waals surface area contributed by atoms with Crippen molar-refractivity contribution in [2.24, 2.45) is 0 Å². The summed E-state index contributed by atoms with van der Waals surface area (Å²) in [5, 5.41) is 3.39. The Morgan fingerprint density at radius 2 is 1.89 bits per heavy atom. The van der Waals surface area contributed by atoms with Crippen molar-refractivity contribution in [1.82, 2.24) is 14.9 Å². The van der Waals surface area contributed by atoms with Gasteiger partial charge < -0.3 is 10.2 Å². The smallest absolute Gasteiger partial charge is 0.210 e. The summed E-state index contributed by atoms with van der Waals surface area (Å²) in [5.74, 6) is 1.07. The Hall–Kier alpha value is -1.81. The predicted molar refractivity (Wildman–Crippen MR) is 78.0 cm³/mol. The van der Waals surface area contributed by atoms with Gasteiger partial charge in [-0.25, -0.2) is 4.98 Å². The van der Waals surface area contributed by atoms with Crippen LogP contribution in [-0.4, -0.2) is 35.7 Å². The van der Waals surface area contributed by atoms with E-state index in [1.54, 1.807) is 0 Å². The molecule has 0 bridgehead atoms. The van der Waals surface area contributed by atoms with E-state index in [1.165, 1.54) is 5.69 Å². The molecule has 1 fully saturated rings. The van der Waals surface area contributed by atoms with E-state index in [0.29, 0.717) is 0 Å². The molecule has 19 heavy (non-hydrogen) atoms. The van der Waals surface area contributed by atoms with Gasteiger partial charge in [-0.05, 0) is 18.6 Å². The molecular weight excluding hydrogens is 236 g/mol. The highest BCUT2D eigenvalue weighted by atomic mass is 15.3. The Balaban J connectivity index is 2.00. The van der Waals surface area contributed by atoms with E-state index in [0.717, 1.165) is 44.2 Å². The van der Waals surface area contributed by atoms with Crippen LogP contribution < -0.4 is 10.2 Å². The topological polar surface area (TPSA) is 33.1 Å². The lowest BCUT2D eigenvalue weighted by molar-refractivity contribution is 0.577. The summed E-state index contributed by atoms with van der Waals surface area (Å²) in [7, 11) is 0. The lowest BCUT2D eigenvalue weighted by Gasteiger charge is -2.28. The summed E-state index contributed by atoms with van der Waals surface area (Å²) in [4.78, 5) is 7.15. The van der Waals surface area contributed by atoms with Gasteiger partial charge in [0.2, 0.25) is 5.95 Å². The monoisotopic (exact) mass is 256 g/mol. The molecule has 1 aliphatic heterocycles. The molecule has 1 N–H and O–H groups in total. The molecule has 100 valence electrons. The van der Waals surface area contributed by atoms with Gasteiger partial charge >= 0.3 is 0 Å². The lowest BCUT2D eigenvalue weighted by Crippen LogP contribution is -2.44. The zero-order valence-corrected chi connectivity index (χ0v) is 11.3. The Morgan fingerprint density at radius 3 is 2.58 bits per heavy atom. The molecule has 0 aliphatic carbocycles. The van der Waals surface area contributed by atoms with Crippen LogP contribution in [0.25, 0.3) is 5.69 Å². The van der Waals surface area contributed by atoms with Crippen molar-refractivity contribution in [2.75, 3.05) is 31.1 Å². The Kier molecular flexibility index (Phi) is 3.51. The molecule has 2 heterocycles. The van der Waals surface area contributed by atoms with E-state index >= 15 is 0 Å². The number of imidazole rings is 1. The minimum atomic E-state index is 0.971. The maximum absolute atomic E-state index is 4.79. The van der Waals surface area contributed by atoms with Gasteiger partial charge in [0.1, 0.15) is 0 Å². The Bertz CT molecular complexity index is 526. The Labute approximate surface area is 114 Å². The van der Waals surface area contributed by atoms with Crippen LogP contribution in [-0.2, 0) is 6.42 Å². The van der Waals surface area contributed by atoms with Gasteiger partial charge in [0.25, 0.3) is 0 Å². The van der Waals surface area contributed by atoms with Crippen LogP contribution in [0, 0.1) is 0 Å². The third-order valence-electron chi connectivity index (χ3n) is 3.53. The van der Waals surface area contributed by atoms with Crippen LogP contribution in [0.4, 0.5) is 5.95 Å². The Morgan fingerprint density at radius 1 is 1.16 bits per heavy atom.